The van der Waals surface area contributed by atoms with Gasteiger partial charge in [0.05, 0.1) is 17.2 Å². The van der Waals surface area contributed by atoms with Crippen LogP contribution in [0.5, 0.6) is 5.75 Å². The highest BCUT2D eigenvalue weighted by atomic mass is 127. The summed E-state index contributed by atoms with van der Waals surface area (Å²) in [7, 11) is 1.58. The topological polar surface area (TPSA) is 58.6 Å². The van der Waals surface area contributed by atoms with E-state index in [4.69, 9.17) is 4.74 Å². The molecule has 0 saturated carbocycles. The van der Waals surface area contributed by atoms with Gasteiger partial charge in [0.15, 0.2) is 0 Å². The number of carbonyl (C=O) groups excluding carboxylic acids is 2. The van der Waals surface area contributed by atoms with Crippen LogP contribution in [0.1, 0.15) is 11.1 Å². The van der Waals surface area contributed by atoms with Gasteiger partial charge in [-0.15, -0.1) is 0 Å². The molecule has 1 aliphatic heterocycles. The lowest BCUT2D eigenvalue weighted by atomic mass is 10.1. The molecule has 25 heavy (non-hydrogen) atoms. The molecule has 1 heterocycles. The van der Waals surface area contributed by atoms with Gasteiger partial charge in [-0.25, -0.2) is 9.18 Å². The van der Waals surface area contributed by atoms with E-state index in [0.717, 1.165) is 19.8 Å². The lowest BCUT2D eigenvalue weighted by Gasteiger charge is -2.12. The summed E-state index contributed by atoms with van der Waals surface area (Å²) in [5, 5.41) is 2.53. The molecule has 0 spiro atoms. The summed E-state index contributed by atoms with van der Waals surface area (Å²) in [5.41, 5.74) is 1.19. The predicted octanol–water partition coefficient (Wildman–Crippen LogP) is 3.53. The summed E-state index contributed by atoms with van der Waals surface area (Å²) in [6.45, 7) is -0.116. The van der Waals surface area contributed by atoms with Crippen molar-refractivity contribution in [3.05, 3.63) is 68.7 Å². The van der Waals surface area contributed by atoms with E-state index in [9.17, 15) is 14.0 Å². The van der Waals surface area contributed by atoms with E-state index < -0.39 is 17.8 Å². The van der Waals surface area contributed by atoms with Crippen molar-refractivity contribution in [3.63, 3.8) is 0 Å². The molecular formula is C18H14FIN2O3. The highest BCUT2D eigenvalue weighted by Crippen LogP contribution is 2.24. The molecule has 1 fully saturated rings. The fourth-order valence-electron chi connectivity index (χ4n) is 2.45. The van der Waals surface area contributed by atoms with Crippen molar-refractivity contribution in [2.24, 2.45) is 0 Å². The maximum atomic E-state index is 13.8. The van der Waals surface area contributed by atoms with E-state index >= 15 is 0 Å². The molecular weight excluding hydrogens is 438 g/mol. The molecule has 1 saturated heterocycles. The molecule has 0 atom stereocenters. The Kier molecular flexibility index (Phi) is 5.03. The normalized spacial score (nSPS) is 15.6. The minimum atomic E-state index is -0.567. The van der Waals surface area contributed by atoms with E-state index in [1.807, 2.05) is 6.07 Å². The molecule has 0 aromatic heterocycles. The first-order valence-corrected chi connectivity index (χ1v) is 8.49. The van der Waals surface area contributed by atoms with Gasteiger partial charge < -0.3 is 10.1 Å². The molecule has 2 aromatic carbocycles. The molecule has 0 unspecified atom stereocenters. The average Bonchev–Trinajstić information content (AvgIpc) is 2.84. The second-order valence-corrected chi connectivity index (χ2v) is 6.53. The molecule has 0 radical (unpaired) electrons. The first kappa shape index (κ1) is 17.4. The molecule has 5 nitrogen and oxygen atoms in total. The number of methoxy groups -OCH3 is 1. The van der Waals surface area contributed by atoms with E-state index in [2.05, 4.69) is 27.9 Å². The number of ether oxygens (including phenoxy) is 1. The average molecular weight is 452 g/mol. The highest BCUT2D eigenvalue weighted by molar-refractivity contribution is 14.1. The first-order chi connectivity index (χ1) is 12.0. The zero-order chi connectivity index (χ0) is 18.0. The molecule has 3 rings (SSSR count). The number of amides is 3. The van der Waals surface area contributed by atoms with Crippen molar-refractivity contribution in [2.45, 2.75) is 6.54 Å². The van der Waals surface area contributed by atoms with Crippen molar-refractivity contribution in [2.75, 3.05) is 7.11 Å². The van der Waals surface area contributed by atoms with Gasteiger partial charge in [-0.2, -0.15) is 0 Å². The Morgan fingerprint density at radius 3 is 2.68 bits per heavy atom. The first-order valence-electron chi connectivity index (χ1n) is 7.41. The van der Waals surface area contributed by atoms with E-state index in [1.54, 1.807) is 43.5 Å². The zero-order valence-electron chi connectivity index (χ0n) is 13.3. The van der Waals surface area contributed by atoms with Crippen LogP contribution in [0.25, 0.3) is 6.08 Å². The van der Waals surface area contributed by atoms with Crippen molar-refractivity contribution in [1.29, 1.82) is 0 Å². The number of halogens is 2. The third kappa shape index (κ3) is 3.65. The van der Waals surface area contributed by atoms with Crippen LogP contribution >= 0.6 is 22.6 Å². The van der Waals surface area contributed by atoms with Crippen LogP contribution < -0.4 is 10.1 Å². The lowest BCUT2D eigenvalue weighted by Crippen LogP contribution is -2.30. The summed E-state index contributed by atoms with van der Waals surface area (Å²) in [6, 6.07) is 10.9. The van der Waals surface area contributed by atoms with Crippen molar-refractivity contribution in [3.8, 4) is 5.75 Å². The molecule has 7 heteroatoms. The minimum Gasteiger partial charge on any atom is -0.496 e. The second kappa shape index (κ2) is 7.22. The summed E-state index contributed by atoms with van der Waals surface area (Å²) in [6.07, 6.45) is 1.59. The standard InChI is InChI=1S/C18H14FIN2O3/c1-25-16-7-6-11(8-14(16)20)9-15-17(23)22(18(24)21-15)10-12-4-2-3-5-13(12)19/h2-9H,10H2,1H3,(H,21,24)/b15-9+. The van der Waals surface area contributed by atoms with Gasteiger partial charge in [0.2, 0.25) is 0 Å². The number of hydrogen-bond acceptors (Lipinski definition) is 3. The SMILES string of the molecule is COc1ccc(/C=C2/NC(=O)N(Cc3ccccc3F)C2=O)cc1I. The third-order valence-electron chi connectivity index (χ3n) is 3.74. The van der Waals surface area contributed by atoms with Crippen LogP contribution in [0.4, 0.5) is 9.18 Å². The van der Waals surface area contributed by atoms with Gasteiger partial charge in [0.1, 0.15) is 17.3 Å². The number of hydrogen-bond donors (Lipinski definition) is 1. The number of nitrogens with zero attached hydrogens (tertiary/aromatic N) is 1. The number of nitrogens with one attached hydrogen (secondary N) is 1. The maximum Gasteiger partial charge on any atom is 0.329 e. The molecule has 1 N–H and O–H groups in total. The lowest BCUT2D eigenvalue weighted by molar-refractivity contribution is -0.123. The van der Waals surface area contributed by atoms with Crippen LogP contribution in [-0.2, 0) is 11.3 Å². The zero-order valence-corrected chi connectivity index (χ0v) is 15.4. The molecule has 1 aliphatic rings. The van der Waals surface area contributed by atoms with Crippen LogP contribution in [-0.4, -0.2) is 23.9 Å². The Hall–Kier alpha value is -2.42. The van der Waals surface area contributed by atoms with E-state index in [1.165, 1.54) is 6.07 Å². The summed E-state index contributed by atoms with van der Waals surface area (Å²) in [5.74, 6) is -0.213. The fourth-order valence-corrected chi connectivity index (χ4v) is 3.21. The number of rotatable bonds is 4. The highest BCUT2D eigenvalue weighted by Gasteiger charge is 2.33. The van der Waals surface area contributed by atoms with Crippen LogP contribution in [0, 0.1) is 9.39 Å². The largest absolute Gasteiger partial charge is 0.496 e. The van der Waals surface area contributed by atoms with Crippen LogP contribution in [0.2, 0.25) is 0 Å². The van der Waals surface area contributed by atoms with Crippen LogP contribution in [0.15, 0.2) is 48.2 Å². The quantitative estimate of drug-likeness (QED) is 0.439. The maximum absolute atomic E-state index is 13.8. The van der Waals surface area contributed by atoms with Gasteiger partial charge in [0.25, 0.3) is 5.91 Å². The minimum absolute atomic E-state index is 0.116. The van der Waals surface area contributed by atoms with Gasteiger partial charge >= 0.3 is 6.03 Å². The Labute approximate surface area is 157 Å². The van der Waals surface area contributed by atoms with Gasteiger partial charge in [0, 0.05) is 5.56 Å². The molecule has 3 amide bonds. The van der Waals surface area contributed by atoms with E-state index in [-0.39, 0.29) is 17.8 Å². The number of imide groups is 1. The summed E-state index contributed by atoms with van der Waals surface area (Å²) >= 11 is 2.13. The predicted molar refractivity (Wildman–Crippen MR) is 99.2 cm³/mol. The smallest absolute Gasteiger partial charge is 0.329 e. The van der Waals surface area contributed by atoms with E-state index in [0.29, 0.717) is 0 Å². The Morgan fingerprint density at radius 1 is 1.24 bits per heavy atom. The fraction of sp³-hybridized carbons (Fsp3) is 0.111. The number of carbonyl (C=O) groups is 2. The Bertz CT molecular complexity index is 882. The van der Waals surface area contributed by atoms with Crippen molar-refractivity contribution >= 4 is 40.6 Å². The monoisotopic (exact) mass is 452 g/mol. The number of benzene rings is 2. The number of urea groups is 1. The summed E-state index contributed by atoms with van der Waals surface area (Å²) < 4.78 is 19.8. The van der Waals surface area contributed by atoms with Gasteiger partial charge in [-0.3, -0.25) is 9.69 Å². The van der Waals surface area contributed by atoms with Crippen molar-refractivity contribution in [1.82, 2.24) is 10.2 Å². The van der Waals surface area contributed by atoms with Gasteiger partial charge in [-0.05, 0) is 52.4 Å². The van der Waals surface area contributed by atoms with Gasteiger partial charge in [-0.1, -0.05) is 24.3 Å². The second-order valence-electron chi connectivity index (χ2n) is 5.36. The van der Waals surface area contributed by atoms with Crippen LogP contribution in [0.3, 0.4) is 0 Å². The molecule has 128 valence electrons. The Morgan fingerprint density at radius 2 is 2.00 bits per heavy atom. The molecule has 0 bridgehead atoms. The molecule has 2 aromatic rings. The third-order valence-corrected chi connectivity index (χ3v) is 4.58. The molecule has 0 aliphatic carbocycles. The Balaban J connectivity index is 1.83. The van der Waals surface area contributed by atoms with Crippen molar-refractivity contribution < 1.29 is 18.7 Å². The summed E-state index contributed by atoms with van der Waals surface area (Å²) in [4.78, 5) is 25.5.